The fourth-order valence-corrected chi connectivity index (χ4v) is 3.29. The van der Waals surface area contributed by atoms with Crippen LogP contribution in [-0.2, 0) is 15.1 Å². The monoisotopic (exact) mass is 455 g/mol. The standard InChI is InChI=1S/C18H13BrF3N3O3/c1-25-14(26)17(24-16(25)23,10-5-4-6-11(19)9-10)12-7-2-3-8-13(12)28-15(27)18(20,21)22/h2-9H,1H3,(H2,23,24). The Labute approximate surface area is 165 Å². The summed E-state index contributed by atoms with van der Waals surface area (Å²) in [6.07, 6.45) is -5.20. The van der Waals surface area contributed by atoms with Crippen molar-refractivity contribution in [3.05, 3.63) is 64.1 Å². The largest absolute Gasteiger partial charge is 0.491 e. The van der Waals surface area contributed by atoms with Gasteiger partial charge in [-0.15, -0.1) is 0 Å². The summed E-state index contributed by atoms with van der Waals surface area (Å²) in [5, 5.41) is 0. The van der Waals surface area contributed by atoms with E-state index in [2.05, 4.69) is 25.7 Å². The molecule has 1 heterocycles. The zero-order valence-corrected chi connectivity index (χ0v) is 15.9. The zero-order chi connectivity index (χ0) is 20.7. The van der Waals surface area contributed by atoms with Gasteiger partial charge in [-0.1, -0.05) is 46.3 Å². The number of benzene rings is 2. The van der Waals surface area contributed by atoms with E-state index in [0.717, 1.165) is 11.0 Å². The number of nitrogens with zero attached hydrogens (tertiary/aromatic N) is 2. The number of rotatable bonds is 3. The Hall–Kier alpha value is -2.88. The molecule has 1 amide bonds. The van der Waals surface area contributed by atoms with Crippen molar-refractivity contribution in [2.75, 3.05) is 7.05 Å². The molecule has 0 bridgehead atoms. The second-order valence-electron chi connectivity index (χ2n) is 5.94. The summed E-state index contributed by atoms with van der Waals surface area (Å²) in [6, 6.07) is 11.9. The number of carbonyl (C=O) groups excluding carboxylic acids is 2. The van der Waals surface area contributed by atoms with Crippen LogP contribution in [-0.4, -0.2) is 36.0 Å². The summed E-state index contributed by atoms with van der Waals surface area (Å²) in [4.78, 5) is 29.9. The number of nitrogens with two attached hydrogens (primary N) is 1. The van der Waals surface area contributed by atoms with Crippen LogP contribution in [0.3, 0.4) is 0 Å². The molecular weight excluding hydrogens is 443 g/mol. The maximum atomic E-state index is 13.1. The molecule has 28 heavy (non-hydrogen) atoms. The minimum Gasteiger partial charge on any atom is -0.419 e. The summed E-state index contributed by atoms with van der Waals surface area (Å²) in [7, 11) is 1.39. The van der Waals surface area contributed by atoms with E-state index in [1.165, 1.54) is 25.2 Å². The van der Waals surface area contributed by atoms with Gasteiger partial charge >= 0.3 is 12.1 Å². The molecular formula is C18H13BrF3N3O3. The predicted molar refractivity (Wildman–Crippen MR) is 97.4 cm³/mol. The molecule has 0 saturated carbocycles. The average molecular weight is 456 g/mol. The molecule has 10 heteroatoms. The molecule has 0 aromatic heterocycles. The molecule has 1 aliphatic heterocycles. The minimum absolute atomic E-state index is 0.0389. The van der Waals surface area contributed by atoms with Crippen LogP contribution in [0.15, 0.2) is 58.0 Å². The second-order valence-corrected chi connectivity index (χ2v) is 6.85. The van der Waals surface area contributed by atoms with Crippen LogP contribution >= 0.6 is 15.9 Å². The quantitative estimate of drug-likeness (QED) is 0.569. The van der Waals surface area contributed by atoms with Gasteiger partial charge in [-0.2, -0.15) is 13.2 Å². The number of amides is 1. The highest BCUT2D eigenvalue weighted by Gasteiger charge is 2.52. The van der Waals surface area contributed by atoms with Crippen LogP contribution in [0.25, 0.3) is 0 Å². The van der Waals surface area contributed by atoms with E-state index in [1.54, 1.807) is 24.3 Å². The van der Waals surface area contributed by atoms with Crippen molar-refractivity contribution < 1.29 is 27.5 Å². The molecule has 1 aliphatic rings. The molecule has 6 nitrogen and oxygen atoms in total. The number of guanidine groups is 1. The number of hydrogen-bond acceptors (Lipinski definition) is 5. The lowest BCUT2D eigenvalue weighted by molar-refractivity contribution is -0.189. The summed E-state index contributed by atoms with van der Waals surface area (Å²) in [5.74, 6) is -3.56. The van der Waals surface area contributed by atoms with E-state index in [-0.39, 0.29) is 11.5 Å². The SMILES string of the molecule is CN1C(=O)C(c2cccc(Br)c2)(c2ccccc2OC(=O)C(F)(F)F)N=C1N. The van der Waals surface area contributed by atoms with Crippen LogP contribution in [0.5, 0.6) is 5.75 Å². The van der Waals surface area contributed by atoms with Crippen molar-refractivity contribution in [2.45, 2.75) is 11.7 Å². The lowest BCUT2D eigenvalue weighted by Gasteiger charge is -2.27. The number of para-hydroxylation sites is 1. The molecule has 2 aromatic carbocycles. The van der Waals surface area contributed by atoms with E-state index < -0.39 is 29.3 Å². The van der Waals surface area contributed by atoms with Crippen molar-refractivity contribution in [2.24, 2.45) is 10.7 Å². The van der Waals surface area contributed by atoms with Gasteiger partial charge in [0.1, 0.15) is 5.75 Å². The van der Waals surface area contributed by atoms with Crippen molar-refractivity contribution in [3.63, 3.8) is 0 Å². The van der Waals surface area contributed by atoms with Crippen molar-refractivity contribution in [1.82, 2.24) is 4.90 Å². The first kappa shape index (κ1) is 19.9. The van der Waals surface area contributed by atoms with E-state index in [0.29, 0.717) is 10.0 Å². The number of esters is 1. The number of carbonyl (C=O) groups is 2. The highest BCUT2D eigenvalue weighted by atomic mass is 79.9. The van der Waals surface area contributed by atoms with Gasteiger partial charge in [0.15, 0.2) is 11.5 Å². The molecule has 2 aromatic rings. The van der Waals surface area contributed by atoms with E-state index in [1.807, 2.05) is 0 Å². The fourth-order valence-electron chi connectivity index (χ4n) is 2.89. The van der Waals surface area contributed by atoms with Crippen molar-refractivity contribution >= 4 is 33.8 Å². The first-order valence-electron chi connectivity index (χ1n) is 7.85. The van der Waals surface area contributed by atoms with Crippen LogP contribution in [0.2, 0.25) is 0 Å². The molecule has 146 valence electrons. The first-order chi connectivity index (χ1) is 13.1. The summed E-state index contributed by atoms with van der Waals surface area (Å²) in [5.41, 5.74) is 4.34. The lowest BCUT2D eigenvalue weighted by atomic mass is 9.82. The Balaban J connectivity index is 2.25. The maximum Gasteiger partial charge on any atom is 0.491 e. The Morgan fingerprint density at radius 1 is 1.21 bits per heavy atom. The Morgan fingerprint density at radius 3 is 2.46 bits per heavy atom. The molecule has 0 saturated heterocycles. The fraction of sp³-hybridized carbons (Fsp3) is 0.167. The summed E-state index contributed by atoms with van der Waals surface area (Å²) >= 11 is 3.30. The van der Waals surface area contributed by atoms with Crippen LogP contribution in [0, 0.1) is 0 Å². The van der Waals surface area contributed by atoms with Crippen LogP contribution in [0.1, 0.15) is 11.1 Å². The van der Waals surface area contributed by atoms with Gasteiger partial charge < -0.3 is 10.5 Å². The Bertz CT molecular complexity index is 993. The van der Waals surface area contributed by atoms with Crippen LogP contribution < -0.4 is 10.5 Å². The summed E-state index contributed by atoms with van der Waals surface area (Å²) in [6.45, 7) is 0. The molecule has 1 unspecified atom stereocenters. The van der Waals surface area contributed by atoms with Crippen molar-refractivity contribution in [3.8, 4) is 5.75 Å². The zero-order valence-electron chi connectivity index (χ0n) is 14.3. The average Bonchev–Trinajstić information content (AvgIpc) is 2.86. The number of alkyl halides is 3. The van der Waals surface area contributed by atoms with E-state index >= 15 is 0 Å². The highest BCUT2D eigenvalue weighted by Crippen LogP contribution is 2.44. The third-order valence-electron chi connectivity index (χ3n) is 4.19. The normalized spacial score (nSPS) is 19.5. The molecule has 0 radical (unpaired) electrons. The van der Waals surface area contributed by atoms with Gasteiger partial charge in [-0.3, -0.25) is 9.69 Å². The lowest BCUT2D eigenvalue weighted by Crippen LogP contribution is -2.41. The maximum absolute atomic E-state index is 13.1. The van der Waals surface area contributed by atoms with Gasteiger partial charge in [0.2, 0.25) is 0 Å². The molecule has 2 N–H and O–H groups in total. The van der Waals surface area contributed by atoms with E-state index in [4.69, 9.17) is 5.73 Å². The summed E-state index contributed by atoms with van der Waals surface area (Å²) < 4.78 is 43.3. The number of hydrogen-bond donors (Lipinski definition) is 1. The van der Waals surface area contributed by atoms with Gasteiger partial charge in [-0.05, 0) is 23.8 Å². The van der Waals surface area contributed by atoms with Crippen molar-refractivity contribution in [1.29, 1.82) is 0 Å². The minimum atomic E-state index is -5.20. The number of aliphatic imine (C=N–C) groups is 1. The predicted octanol–water partition coefficient (Wildman–Crippen LogP) is 2.95. The topological polar surface area (TPSA) is 85.0 Å². The molecule has 3 rings (SSSR count). The first-order valence-corrected chi connectivity index (χ1v) is 8.64. The molecule has 1 atom stereocenters. The van der Waals surface area contributed by atoms with Gasteiger partial charge in [0.05, 0.1) is 0 Å². The molecule has 0 aliphatic carbocycles. The highest BCUT2D eigenvalue weighted by molar-refractivity contribution is 9.10. The number of likely N-dealkylation sites (N-methyl/N-ethyl adjacent to an activating group) is 1. The Morgan fingerprint density at radius 2 is 1.89 bits per heavy atom. The molecule has 0 fully saturated rings. The van der Waals surface area contributed by atoms with Crippen LogP contribution in [0.4, 0.5) is 13.2 Å². The van der Waals surface area contributed by atoms with Gasteiger partial charge in [-0.25, -0.2) is 9.79 Å². The van der Waals surface area contributed by atoms with Gasteiger partial charge in [0, 0.05) is 17.1 Å². The smallest absolute Gasteiger partial charge is 0.419 e. The number of ether oxygens (including phenoxy) is 1. The molecule has 0 spiro atoms. The Kier molecular flexibility index (Phi) is 4.92. The number of halogens is 4. The van der Waals surface area contributed by atoms with E-state index in [9.17, 15) is 22.8 Å². The van der Waals surface area contributed by atoms with Gasteiger partial charge in [0.25, 0.3) is 5.91 Å². The second kappa shape index (κ2) is 6.93. The third kappa shape index (κ3) is 3.24. The third-order valence-corrected chi connectivity index (χ3v) is 4.69.